The predicted molar refractivity (Wildman–Crippen MR) is 63.0 cm³/mol. The number of hydrogen-bond donors (Lipinski definition) is 3. The predicted octanol–water partition coefficient (Wildman–Crippen LogP) is 1.23. The third kappa shape index (κ3) is 2.77. The third-order valence-electron chi connectivity index (χ3n) is 2.76. The summed E-state index contributed by atoms with van der Waals surface area (Å²) in [5.74, 6) is 0.295. The van der Waals surface area contributed by atoms with Gasteiger partial charge in [0.1, 0.15) is 12.0 Å². The molecule has 1 aromatic rings. The Balaban J connectivity index is 2.86. The van der Waals surface area contributed by atoms with Gasteiger partial charge in [-0.3, -0.25) is 4.79 Å². The highest BCUT2D eigenvalue weighted by Crippen LogP contribution is 2.12. The van der Waals surface area contributed by atoms with Crippen LogP contribution < -0.4 is 11.1 Å². The lowest BCUT2D eigenvalue weighted by molar-refractivity contribution is 0.0924. The Hall–Kier alpha value is -1.98. The van der Waals surface area contributed by atoms with Crippen molar-refractivity contribution >= 4 is 11.7 Å². The summed E-state index contributed by atoms with van der Waals surface area (Å²) >= 11 is 0. The van der Waals surface area contributed by atoms with E-state index in [1.807, 2.05) is 6.92 Å². The van der Waals surface area contributed by atoms with Gasteiger partial charge >= 0.3 is 0 Å². The zero-order valence-electron chi connectivity index (χ0n) is 10.2. The molecule has 1 unspecified atom stereocenters. The fourth-order valence-corrected chi connectivity index (χ4v) is 1.33. The van der Waals surface area contributed by atoms with Crippen molar-refractivity contribution in [3.05, 3.63) is 23.7 Å². The molecular weight excluding hydrogens is 222 g/mol. The third-order valence-corrected chi connectivity index (χ3v) is 2.76. The number of carbonyl (C=O) groups is 1. The summed E-state index contributed by atoms with van der Waals surface area (Å²) in [5.41, 5.74) is 5.09. The summed E-state index contributed by atoms with van der Waals surface area (Å²) in [6.45, 7) is 5.27. The molecule has 17 heavy (non-hydrogen) atoms. The fraction of sp³-hybridized carbons (Fsp3) is 0.455. The maximum atomic E-state index is 11.9. The maximum absolute atomic E-state index is 11.9. The van der Waals surface area contributed by atoms with Gasteiger partial charge in [0.25, 0.3) is 5.91 Å². The Morgan fingerprint density at radius 2 is 2.35 bits per heavy atom. The lowest BCUT2D eigenvalue weighted by atomic mass is 9.97. The number of hydrogen-bond acceptors (Lipinski definition) is 4. The lowest BCUT2D eigenvalue weighted by Crippen LogP contribution is -2.55. The maximum Gasteiger partial charge on any atom is 0.255 e. The first-order valence-corrected chi connectivity index (χ1v) is 5.28. The number of oxime groups is 1. The molecular formula is C11H17N3O3. The summed E-state index contributed by atoms with van der Waals surface area (Å²) in [7, 11) is 0. The summed E-state index contributed by atoms with van der Waals surface area (Å²) < 4.78 is 5.05. The molecule has 1 heterocycles. The van der Waals surface area contributed by atoms with Crippen LogP contribution in [-0.2, 0) is 0 Å². The van der Waals surface area contributed by atoms with E-state index in [-0.39, 0.29) is 11.7 Å². The number of amidine groups is 1. The average Bonchev–Trinajstić information content (AvgIpc) is 2.74. The Labute approximate surface area is 99.5 Å². The van der Waals surface area contributed by atoms with Crippen LogP contribution in [0.4, 0.5) is 0 Å². The van der Waals surface area contributed by atoms with E-state index in [4.69, 9.17) is 15.4 Å². The Bertz CT molecular complexity index is 439. The van der Waals surface area contributed by atoms with Crippen molar-refractivity contribution in [2.24, 2.45) is 10.9 Å². The summed E-state index contributed by atoms with van der Waals surface area (Å²) in [6.07, 6.45) is 1.87. The zero-order valence-corrected chi connectivity index (χ0v) is 10.2. The number of furan rings is 1. The number of amides is 1. The molecule has 1 atom stereocenters. The van der Waals surface area contributed by atoms with E-state index in [1.54, 1.807) is 19.9 Å². The molecule has 0 spiro atoms. The first kappa shape index (κ1) is 13.1. The minimum atomic E-state index is -0.878. The quantitative estimate of drug-likeness (QED) is 0.318. The van der Waals surface area contributed by atoms with Gasteiger partial charge in [0.15, 0.2) is 5.84 Å². The number of aryl methyl sites for hydroxylation is 1. The van der Waals surface area contributed by atoms with Gasteiger partial charge in [-0.25, -0.2) is 0 Å². The van der Waals surface area contributed by atoms with Gasteiger partial charge in [-0.15, -0.1) is 0 Å². The molecule has 94 valence electrons. The first-order chi connectivity index (χ1) is 7.92. The molecule has 1 aromatic heterocycles. The lowest BCUT2D eigenvalue weighted by Gasteiger charge is -2.27. The second-order valence-corrected chi connectivity index (χ2v) is 4.07. The minimum absolute atomic E-state index is 0.0337. The highest BCUT2D eigenvalue weighted by molar-refractivity contribution is 5.99. The second kappa shape index (κ2) is 4.90. The number of nitrogens with one attached hydrogen (secondary N) is 1. The number of nitrogens with two attached hydrogens (primary N) is 1. The van der Waals surface area contributed by atoms with Gasteiger partial charge in [-0.2, -0.15) is 0 Å². The van der Waals surface area contributed by atoms with Crippen LogP contribution in [0, 0.1) is 6.92 Å². The van der Waals surface area contributed by atoms with E-state index >= 15 is 0 Å². The van der Waals surface area contributed by atoms with Gasteiger partial charge < -0.3 is 20.7 Å². The number of carbonyl (C=O) groups excluding carboxylic acids is 1. The molecule has 6 nitrogen and oxygen atoms in total. The average molecular weight is 239 g/mol. The van der Waals surface area contributed by atoms with Crippen molar-refractivity contribution < 1.29 is 14.4 Å². The van der Waals surface area contributed by atoms with E-state index in [1.165, 1.54) is 6.26 Å². The molecule has 1 rings (SSSR count). The standard InChI is InChI=1S/C11H17N3O3/c1-4-11(3,10(12)14-16)13-9(15)8-5-7(2)17-6-8/h5-6,16H,4H2,1-3H3,(H2,12,14)(H,13,15). The molecule has 0 bridgehead atoms. The zero-order chi connectivity index (χ0) is 13.1. The molecule has 0 radical (unpaired) electrons. The Kier molecular flexibility index (Phi) is 3.77. The molecule has 4 N–H and O–H groups in total. The first-order valence-electron chi connectivity index (χ1n) is 5.28. The van der Waals surface area contributed by atoms with Crippen molar-refractivity contribution in [2.45, 2.75) is 32.7 Å². The molecule has 0 aliphatic carbocycles. The monoisotopic (exact) mass is 239 g/mol. The largest absolute Gasteiger partial charge is 0.469 e. The highest BCUT2D eigenvalue weighted by atomic mass is 16.4. The Morgan fingerprint density at radius 1 is 1.71 bits per heavy atom. The van der Waals surface area contributed by atoms with Crippen LogP contribution in [0.3, 0.4) is 0 Å². The van der Waals surface area contributed by atoms with Gasteiger partial charge in [0.2, 0.25) is 0 Å². The fourth-order valence-electron chi connectivity index (χ4n) is 1.33. The van der Waals surface area contributed by atoms with E-state index in [0.717, 1.165) is 0 Å². The SMILES string of the molecule is CCC(C)(NC(=O)c1coc(C)c1)C(N)=NO. The molecule has 6 heteroatoms. The number of rotatable bonds is 4. The van der Waals surface area contributed by atoms with Crippen LogP contribution in [0.1, 0.15) is 36.4 Å². The van der Waals surface area contributed by atoms with Crippen LogP contribution in [0.15, 0.2) is 21.9 Å². The van der Waals surface area contributed by atoms with Crippen LogP contribution in [0.2, 0.25) is 0 Å². The van der Waals surface area contributed by atoms with Crippen LogP contribution >= 0.6 is 0 Å². The van der Waals surface area contributed by atoms with Crippen LogP contribution in [-0.4, -0.2) is 22.5 Å². The van der Waals surface area contributed by atoms with E-state index < -0.39 is 5.54 Å². The molecule has 0 aliphatic rings. The van der Waals surface area contributed by atoms with Gasteiger partial charge in [-0.1, -0.05) is 12.1 Å². The van der Waals surface area contributed by atoms with Crippen LogP contribution in [0.5, 0.6) is 0 Å². The van der Waals surface area contributed by atoms with E-state index in [2.05, 4.69) is 10.5 Å². The topological polar surface area (TPSA) is 101 Å². The molecule has 0 aliphatic heterocycles. The smallest absolute Gasteiger partial charge is 0.255 e. The van der Waals surface area contributed by atoms with Crippen molar-refractivity contribution in [3.8, 4) is 0 Å². The van der Waals surface area contributed by atoms with Crippen molar-refractivity contribution in [1.29, 1.82) is 0 Å². The highest BCUT2D eigenvalue weighted by Gasteiger charge is 2.30. The van der Waals surface area contributed by atoms with Gasteiger partial charge in [0, 0.05) is 0 Å². The molecule has 0 fully saturated rings. The van der Waals surface area contributed by atoms with Gasteiger partial charge in [0.05, 0.1) is 11.1 Å². The van der Waals surface area contributed by atoms with Crippen LogP contribution in [0.25, 0.3) is 0 Å². The summed E-state index contributed by atoms with van der Waals surface area (Å²) in [4.78, 5) is 11.9. The number of nitrogens with zero attached hydrogens (tertiary/aromatic N) is 1. The van der Waals surface area contributed by atoms with Crippen molar-refractivity contribution in [1.82, 2.24) is 5.32 Å². The second-order valence-electron chi connectivity index (χ2n) is 4.07. The van der Waals surface area contributed by atoms with E-state index in [9.17, 15) is 4.79 Å². The minimum Gasteiger partial charge on any atom is -0.469 e. The van der Waals surface area contributed by atoms with Crippen molar-refractivity contribution in [2.75, 3.05) is 0 Å². The summed E-state index contributed by atoms with van der Waals surface area (Å²) in [5, 5.41) is 14.3. The van der Waals surface area contributed by atoms with Gasteiger partial charge in [-0.05, 0) is 26.3 Å². The molecule has 0 saturated heterocycles. The molecule has 0 aromatic carbocycles. The normalized spacial score (nSPS) is 15.4. The van der Waals surface area contributed by atoms with Crippen molar-refractivity contribution in [3.63, 3.8) is 0 Å². The molecule has 1 amide bonds. The summed E-state index contributed by atoms with van der Waals surface area (Å²) in [6, 6.07) is 1.62. The Morgan fingerprint density at radius 3 is 2.76 bits per heavy atom. The van der Waals surface area contributed by atoms with E-state index in [0.29, 0.717) is 17.7 Å². The molecule has 0 saturated carbocycles.